The molecular formula is C10H7BrN2O. The van der Waals surface area contributed by atoms with Crippen molar-refractivity contribution >= 4 is 22.2 Å². The van der Waals surface area contributed by atoms with Gasteiger partial charge in [-0.2, -0.15) is 5.10 Å². The molecule has 4 heteroatoms. The van der Waals surface area contributed by atoms with Crippen LogP contribution < -0.4 is 0 Å². The van der Waals surface area contributed by atoms with Crippen molar-refractivity contribution in [2.75, 3.05) is 0 Å². The van der Waals surface area contributed by atoms with Gasteiger partial charge in [-0.15, -0.1) is 0 Å². The lowest BCUT2D eigenvalue weighted by Crippen LogP contribution is -1.95. The van der Waals surface area contributed by atoms with E-state index in [2.05, 4.69) is 21.0 Å². The molecule has 0 saturated carbocycles. The van der Waals surface area contributed by atoms with Crippen LogP contribution in [0.15, 0.2) is 41.1 Å². The van der Waals surface area contributed by atoms with Crippen LogP contribution in [0.3, 0.4) is 0 Å². The van der Waals surface area contributed by atoms with E-state index in [1.165, 1.54) is 0 Å². The van der Waals surface area contributed by atoms with Crippen LogP contribution in [0.2, 0.25) is 0 Å². The Labute approximate surface area is 89.5 Å². The number of aromatic nitrogens is 2. The lowest BCUT2D eigenvalue weighted by atomic mass is 10.2. The van der Waals surface area contributed by atoms with Crippen molar-refractivity contribution in [3.63, 3.8) is 0 Å². The van der Waals surface area contributed by atoms with Gasteiger partial charge in [-0.3, -0.25) is 4.79 Å². The minimum absolute atomic E-state index is 0.640. The van der Waals surface area contributed by atoms with Gasteiger partial charge < -0.3 is 0 Å². The second kappa shape index (κ2) is 3.75. The largest absolute Gasteiger partial charge is 0.298 e. The Hall–Kier alpha value is -1.42. The molecule has 0 fully saturated rings. The van der Waals surface area contributed by atoms with Crippen LogP contribution in [-0.2, 0) is 0 Å². The van der Waals surface area contributed by atoms with Gasteiger partial charge in [-0.1, -0.05) is 0 Å². The van der Waals surface area contributed by atoms with Crippen molar-refractivity contribution in [1.29, 1.82) is 0 Å². The van der Waals surface area contributed by atoms with E-state index in [1.54, 1.807) is 16.9 Å². The molecule has 1 heterocycles. The van der Waals surface area contributed by atoms with E-state index >= 15 is 0 Å². The Morgan fingerprint density at radius 3 is 2.86 bits per heavy atom. The van der Waals surface area contributed by atoms with Crippen molar-refractivity contribution in [2.24, 2.45) is 0 Å². The van der Waals surface area contributed by atoms with E-state index in [-0.39, 0.29) is 0 Å². The monoisotopic (exact) mass is 250 g/mol. The summed E-state index contributed by atoms with van der Waals surface area (Å²) in [5, 5.41) is 4.09. The first-order valence-electron chi connectivity index (χ1n) is 4.06. The van der Waals surface area contributed by atoms with E-state index in [0.29, 0.717) is 5.56 Å². The second-order valence-corrected chi connectivity index (χ2v) is 3.63. The highest BCUT2D eigenvalue weighted by atomic mass is 79.9. The van der Waals surface area contributed by atoms with Crippen LogP contribution in [0.1, 0.15) is 10.4 Å². The fraction of sp³-hybridized carbons (Fsp3) is 0. The smallest absolute Gasteiger partial charge is 0.151 e. The van der Waals surface area contributed by atoms with Crippen LogP contribution in [0.5, 0.6) is 0 Å². The molecule has 2 rings (SSSR count). The Kier molecular flexibility index (Phi) is 2.45. The summed E-state index contributed by atoms with van der Waals surface area (Å²) in [5.41, 5.74) is 1.56. The van der Waals surface area contributed by atoms with Gasteiger partial charge in [0.2, 0.25) is 0 Å². The Morgan fingerprint density at radius 2 is 2.29 bits per heavy atom. The van der Waals surface area contributed by atoms with Crippen molar-refractivity contribution in [3.8, 4) is 5.69 Å². The maximum atomic E-state index is 10.6. The third-order valence-electron chi connectivity index (χ3n) is 1.88. The molecule has 0 aliphatic heterocycles. The van der Waals surface area contributed by atoms with Gasteiger partial charge in [0.05, 0.1) is 5.69 Å². The zero-order valence-electron chi connectivity index (χ0n) is 7.22. The first kappa shape index (κ1) is 9.15. The van der Waals surface area contributed by atoms with Crippen molar-refractivity contribution in [1.82, 2.24) is 9.78 Å². The topological polar surface area (TPSA) is 34.9 Å². The lowest BCUT2D eigenvalue weighted by Gasteiger charge is -2.02. The van der Waals surface area contributed by atoms with E-state index in [4.69, 9.17) is 0 Å². The van der Waals surface area contributed by atoms with Gasteiger partial charge in [0.1, 0.15) is 0 Å². The third-order valence-corrected chi connectivity index (χ3v) is 2.57. The van der Waals surface area contributed by atoms with Gasteiger partial charge in [-0.25, -0.2) is 4.68 Å². The summed E-state index contributed by atoms with van der Waals surface area (Å²) >= 11 is 3.32. The molecule has 0 N–H and O–H groups in total. The van der Waals surface area contributed by atoms with Crippen LogP contribution in [0.25, 0.3) is 5.69 Å². The number of nitrogens with zero attached hydrogens (tertiary/aromatic N) is 2. The Bertz CT molecular complexity index is 451. The maximum absolute atomic E-state index is 10.6. The predicted molar refractivity (Wildman–Crippen MR) is 56.7 cm³/mol. The molecule has 0 unspecified atom stereocenters. The van der Waals surface area contributed by atoms with Gasteiger partial charge >= 0.3 is 0 Å². The molecule has 0 radical (unpaired) electrons. The van der Waals surface area contributed by atoms with Crippen LogP contribution in [0, 0.1) is 0 Å². The van der Waals surface area contributed by atoms with Gasteiger partial charge in [0.25, 0.3) is 0 Å². The quantitative estimate of drug-likeness (QED) is 0.768. The van der Waals surface area contributed by atoms with E-state index < -0.39 is 0 Å². The molecule has 1 aromatic heterocycles. The highest BCUT2D eigenvalue weighted by molar-refractivity contribution is 9.10. The molecule has 14 heavy (non-hydrogen) atoms. The molecule has 3 nitrogen and oxygen atoms in total. The van der Waals surface area contributed by atoms with Crippen LogP contribution in [-0.4, -0.2) is 16.1 Å². The number of benzene rings is 1. The summed E-state index contributed by atoms with van der Waals surface area (Å²) < 4.78 is 2.51. The molecule has 0 amide bonds. The van der Waals surface area contributed by atoms with Gasteiger partial charge in [0, 0.05) is 22.4 Å². The predicted octanol–water partition coefficient (Wildman–Crippen LogP) is 2.45. The standard InChI is InChI=1S/C10H7BrN2O/c11-10-6-9(3-2-8(10)7-14)13-5-1-4-12-13/h1-7H. The fourth-order valence-electron chi connectivity index (χ4n) is 1.18. The van der Waals surface area contributed by atoms with Gasteiger partial charge in [-0.05, 0) is 40.2 Å². The SMILES string of the molecule is O=Cc1ccc(-n2cccn2)cc1Br. The Morgan fingerprint density at radius 1 is 1.43 bits per heavy atom. The molecule has 0 aliphatic rings. The molecule has 70 valence electrons. The molecule has 2 aromatic rings. The molecule has 0 aliphatic carbocycles. The highest BCUT2D eigenvalue weighted by Crippen LogP contribution is 2.18. The normalized spacial score (nSPS) is 10.1. The van der Waals surface area contributed by atoms with Crippen molar-refractivity contribution in [3.05, 3.63) is 46.7 Å². The molecule has 1 aromatic carbocycles. The molecule has 0 bridgehead atoms. The van der Waals surface area contributed by atoms with E-state index in [0.717, 1.165) is 16.4 Å². The number of carbonyl (C=O) groups is 1. The molecule has 0 saturated heterocycles. The van der Waals surface area contributed by atoms with E-state index in [9.17, 15) is 4.79 Å². The number of rotatable bonds is 2. The van der Waals surface area contributed by atoms with Crippen LogP contribution >= 0.6 is 15.9 Å². The van der Waals surface area contributed by atoms with Gasteiger partial charge in [0.15, 0.2) is 6.29 Å². The first-order chi connectivity index (χ1) is 6.81. The maximum Gasteiger partial charge on any atom is 0.151 e. The Balaban J connectivity index is 2.48. The molecule has 0 spiro atoms. The minimum atomic E-state index is 0.640. The summed E-state index contributed by atoms with van der Waals surface area (Å²) in [6, 6.07) is 7.31. The summed E-state index contributed by atoms with van der Waals surface area (Å²) in [6.45, 7) is 0. The average Bonchev–Trinajstić information content (AvgIpc) is 2.70. The minimum Gasteiger partial charge on any atom is -0.298 e. The number of hydrogen-bond acceptors (Lipinski definition) is 2. The summed E-state index contributed by atoms with van der Waals surface area (Å²) in [5.74, 6) is 0. The summed E-state index contributed by atoms with van der Waals surface area (Å²) in [7, 11) is 0. The number of halogens is 1. The highest BCUT2D eigenvalue weighted by Gasteiger charge is 2.01. The zero-order valence-corrected chi connectivity index (χ0v) is 8.81. The number of hydrogen-bond donors (Lipinski definition) is 0. The first-order valence-corrected chi connectivity index (χ1v) is 4.85. The van der Waals surface area contributed by atoms with E-state index in [1.807, 2.05) is 24.4 Å². The third kappa shape index (κ3) is 1.61. The molecule has 0 atom stereocenters. The zero-order chi connectivity index (χ0) is 9.97. The van der Waals surface area contributed by atoms with Crippen LogP contribution in [0.4, 0.5) is 0 Å². The van der Waals surface area contributed by atoms with Crippen molar-refractivity contribution < 1.29 is 4.79 Å². The lowest BCUT2D eigenvalue weighted by molar-refractivity contribution is 0.112. The fourth-order valence-corrected chi connectivity index (χ4v) is 1.64. The van der Waals surface area contributed by atoms with Crippen molar-refractivity contribution in [2.45, 2.75) is 0 Å². The summed E-state index contributed by atoms with van der Waals surface area (Å²) in [4.78, 5) is 10.6. The number of carbonyl (C=O) groups excluding carboxylic acids is 1. The summed E-state index contributed by atoms with van der Waals surface area (Å²) in [6.07, 6.45) is 4.38. The number of aldehydes is 1. The second-order valence-electron chi connectivity index (χ2n) is 2.77. The molecular weight excluding hydrogens is 244 g/mol. The average molecular weight is 251 g/mol.